The van der Waals surface area contributed by atoms with Gasteiger partial charge in [-0.05, 0) is 51.2 Å². The van der Waals surface area contributed by atoms with Crippen molar-refractivity contribution in [1.82, 2.24) is 19.9 Å². The summed E-state index contributed by atoms with van der Waals surface area (Å²) < 4.78 is 5.54. The van der Waals surface area contributed by atoms with Gasteiger partial charge in [-0.15, -0.1) is 0 Å². The second kappa shape index (κ2) is 7.44. The van der Waals surface area contributed by atoms with E-state index in [4.69, 9.17) is 4.74 Å². The zero-order valence-corrected chi connectivity index (χ0v) is 14.7. The van der Waals surface area contributed by atoms with Crippen LogP contribution in [0.2, 0.25) is 0 Å². The number of nitrogens with one attached hydrogen (secondary N) is 1. The first-order valence-corrected chi connectivity index (χ1v) is 8.33. The lowest BCUT2D eigenvalue weighted by Crippen LogP contribution is -2.26. The molecule has 0 aliphatic heterocycles. The van der Waals surface area contributed by atoms with Crippen LogP contribution in [0.5, 0.6) is 5.75 Å². The van der Waals surface area contributed by atoms with Crippen LogP contribution in [0.1, 0.15) is 31.1 Å². The highest BCUT2D eigenvalue weighted by atomic mass is 16.5. The Kier molecular flexibility index (Phi) is 5.09. The minimum absolute atomic E-state index is 0.0709. The highest BCUT2D eigenvalue weighted by Crippen LogP contribution is 2.21. The standard InChI is InChI=1S/C19H22N4O2/c1-4-25-16-5-6-18-14(10-16)9-15(19(24)22-18)11-23(3)13(2)17-7-8-20-12-21-17/h5-10,12-13H,4,11H2,1-3H3,(H,22,24)/t13-/m0/s1. The van der Waals surface area contributed by atoms with Crippen LogP contribution in [0, 0.1) is 0 Å². The lowest BCUT2D eigenvalue weighted by atomic mass is 10.1. The molecule has 0 aliphatic carbocycles. The summed E-state index contributed by atoms with van der Waals surface area (Å²) in [4.78, 5) is 25.7. The predicted octanol–water partition coefficient (Wildman–Crippen LogP) is 2.91. The number of aromatic amines is 1. The molecule has 1 N–H and O–H groups in total. The molecule has 0 amide bonds. The smallest absolute Gasteiger partial charge is 0.252 e. The Hall–Kier alpha value is -2.73. The minimum Gasteiger partial charge on any atom is -0.494 e. The lowest BCUT2D eigenvalue weighted by Gasteiger charge is -2.23. The van der Waals surface area contributed by atoms with Crippen molar-refractivity contribution in [3.63, 3.8) is 0 Å². The molecule has 1 atom stereocenters. The van der Waals surface area contributed by atoms with Crippen molar-refractivity contribution in [2.45, 2.75) is 26.4 Å². The van der Waals surface area contributed by atoms with Crippen molar-refractivity contribution >= 4 is 10.9 Å². The van der Waals surface area contributed by atoms with E-state index in [1.54, 1.807) is 6.20 Å². The SMILES string of the molecule is CCOc1ccc2[nH]c(=O)c(CN(C)[C@@H](C)c3ccncn3)cc2c1. The normalized spacial score (nSPS) is 12.5. The number of ether oxygens (including phenoxy) is 1. The van der Waals surface area contributed by atoms with E-state index in [2.05, 4.69) is 26.8 Å². The first-order valence-electron chi connectivity index (χ1n) is 8.33. The second-order valence-corrected chi connectivity index (χ2v) is 6.03. The molecule has 3 rings (SSSR count). The van der Waals surface area contributed by atoms with Crippen LogP contribution in [0.4, 0.5) is 0 Å². The summed E-state index contributed by atoms with van der Waals surface area (Å²) in [5.41, 5.74) is 2.38. The van der Waals surface area contributed by atoms with E-state index in [0.717, 1.165) is 22.3 Å². The van der Waals surface area contributed by atoms with E-state index in [-0.39, 0.29) is 11.6 Å². The average Bonchev–Trinajstić information content (AvgIpc) is 2.63. The molecule has 130 valence electrons. The molecule has 25 heavy (non-hydrogen) atoms. The molecule has 0 bridgehead atoms. The number of hydrogen-bond donors (Lipinski definition) is 1. The highest BCUT2D eigenvalue weighted by molar-refractivity contribution is 5.80. The van der Waals surface area contributed by atoms with Crippen LogP contribution in [-0.2, 0) is 6.54 Å². The maximum atomic E-state index is 12.4. The van der Waals surface area contributed by atoms with Crippen molar-refractivity contribution < 1.29 is 4.74 Å². The fraction of sp³-hybridized carbons (Fsp3) is 0.316. The van der Waals surface area contributed by atoms with E-state index in [1.807, 2.05) is 44.3 Å². The molecular formula is C19H22N4O2. The number of H-pyrrole nitrogens is 1. The zero-order valence-electron chi connectivity index (χ0n) is 14.7. The van der Waals surface area contributed by atoms with Gasteiger partial charge in [-0.1, -0.05) is 0 Å². The van der Waals surface area contributed by atoms with Crippen molar-refractivity contribution in [3.8, 4) is 5.75 Å². The Morgan fingerprint density at radius 3 is 2.84 bits per heavy atom. The third-order valence-electron chi connectivity index (χ3n) is 4.32. The zero-order chi connectivity index (χ0) is 17.8. The maximum Gasteiger partial charge on any atom is 0.252 e. The minimum atomic E-state index is -0.0709. The Balaban J connectivity index is 1.87. The Morgan fingerprint density at radius 1 is 1.28 bits per heavy atom. The molecule has 0 fully saturated rings. The number of pyridine rings is 1. The van der Waals surface area contributed by atoms with Gasteiger partial charge in [0.2, 0.25) is 0 Å². The van der Waals surface area contributed by atoms with Gasteiger partial charge in [0.05, 0.1) is 12.3 Å². The van der Waals surface area contributed by atoms with E-state index in [9.17, 15) is 4.79 Å². The van der Waals surface area contributed by atoms with Gasteiger partial charge in [0.25, 0.3) is 5.56 Å². The Bertz CT molecular complexity index is 908. The van der Waals surface area contributed by atoms with Gasteiger partial charge >= 0.3 is 0 Å². The van der Waals surface area contributed by atoms with Crippen LogP contribution >= 0.6 is 0 Å². The van der Waals surface area contributed by atoms with Crippen molar-refractivity contribution in [2.75, 3.05) is 13.7 Å². The van der Waals surface area contributed by atoms with E-state index in [1.165, 1.54) is 6.33 Å². The van der Waals surface area contributed by atoms with Gasteiger partial charge in [0.15, 0.2) is 0 Å². The summed E-state index contributed by atoms with van der Waals surface area (Å²) in [6.45, 7) is 5.15. The van der Waals surface area contributed by atoms with Gasteiger partial charge in [-0.3, -0.25) is 9.69 Å². The molecule has 0 radical (unpaired) electrons. The topological polar surface area (TPSA) is 71.1 Å². The van der Waals surface area contributed by atoms with Crippen LogP contribution in [0.15, 0.2) is 47.7 Å². The van der Waals surface area contributed by atoms with Crippen LogP contribution in [0.3, 0.4) is 0 Å². The third kappa shape index (κ3) is 3.85. The van der Waals surface area contributed by atoms with Crippen molar-refractivity contribution in [3.05, 3.63) is 64.5 Å². The molecular weight excluding hydrogens is 316 g/mol. The molecule has 1 aromatic carbocycles. The number of rotatable bonds is 6. The summed E-state index contributed by atoms with van der Waals surface area (Å²) in [7, 11) is 1.98. The van der Waals surface area contributed by atoms with Gasteiger partial charge in [0, 0.05) is 35.2 Å². The number of hydrogen-bond acceptors (Lipinski definition) is 5. The van der Waals surface area contributed by atoms with Crippen molar-refractivity contribution in [1.29, 1.82) is 0 Å². The average molecular weight is 338 g/mol. The van der Waals surface area contributed by atoms with E-state index in [0.29, 0.717) is 18.7 Å². The molecule has 3 aromatic rings. The van der Waals surface area contributed by atoms with E-state index < -0.39 is 0 Å². The molecule has 6 nitrogen and oxygen atoms in total. The summed E-state index contributed by atoms with van der Waals surface area (Å²) >= 11 is 0. The maximum absolute atomic E-state index is 12.4. The molecule has 0 spiro atoms. The summed E-state index contributed by atoms with van der Waals surface area (Å²) in [5.74, 6) is 0.802. The van der Waals surface area contributed by atoms with Gasteiger partial charge in [0.1, 0.15) is 12.1 Å². The highest BCUT2D eigenvalue weighted by Gasteiger charge is 2.15. The van der Waals surface area contributed by atoms with Gasteiger partial charge in [-0.25, -0.2) is 9.97 Å². The number of aromatic nitrogens is 3. The third-order valence-corrected chi connectivity index (χ3v) is 4.32. The number of benzene rings is 1. The fourth-order valence-corrected chi connectivity index (χ4v) is 2.78. The molecule has 0 saturated heterocycles. The van der Waals surface area contributed by atoms with Crippen LogP contribution in [0.25, 0.3) is 10.9 Å². The molecule has 2 heterocycles. The van der Waals surface area contributed by atoms with Crippen LogP contribution < -0.4 is 10.3 Å². The summed E-state index contributed by atoms with van der Waals surface area (Å²) in [6.07, 6.45) is 3.27. The molecule has 2 aromatic heterocycles. The molecule has 0 saturated carbocycles. The Labute approximate surface area is 146 Å². The predicted molar refractivity (Wildman–Crippen MR) is 97.7 cm³/mol. The number of fused-ring (bicyclic) bond motifs is 1. The lowest BCUT2D eigenvalue weighted by molar-refractivity contribution is 0.247. The monoisotopic (exact) mass is 338 g/mol. The number of nitrogens with zero attached hydrogens (tertiary/aromatic N) is 3. The summed E-state index contributed by atoms with van der Waals surface area (Å²) in [5, 5.41) is 0.962. The fourth-order valence-electron chi connectivity index (χ4n) is 2.78. The first kappa shape index (κ1) is 17.1. The van der Waals surface area contributed by atoms with Gasteiger partial charge < -0.3 is 9.72 Å². The van der Waals surface area contributed by atoms with Gasteiger partial charge in [-0.2, -0.15) is 0 Å². The Morgan fingerprint density at radius 2 is 2.12 bits per heavy atom. The first-order chi connectivity index (χ1) is 12.1. The quantitative estimate of drug-likeness (QED) is 0.748. The van der Waals surface area contributed by atoms with Crippen molar-refractivity contribution in [2.24, 2.45) is 0 Å². The van der Waals surface area contributed by atoms with E-state index >= 15 is 0 Å². The second-order valence-electron chi connectivity index (χ2n) is 6.03. The molecule has 0 aliphatic rings. The van der Waals surface area contributed by atoms with Crippen LogP contribution in [-0.4, -0.2) is 33.5 Å². The largest absolute Gasteiger partial charge is 0.494 e. The molecule has 6 heteroatoms. The summed E-state index contributed by atoms with van der Waals surface area (Å²) in [6, 6.07) is 9.59. The molecule has 0 unspecified atom stereocenters.